The highest BCUT2D eigenvalue weighted by Crippen LogP contribution is 2.25. The van der Waals surface area contributed by atoms with Crippen molar-refractivity contribution in [2.75, 3.05) is 19.6 Å². The molecule has 31 heavy (non-hydrogen) atoms. The Balaban J connectivity index is 1.16. The van der Waals surface area contributed by atoms with E-state index in [4.69, 9.17) is 0 Å². The Kier molecular flexibility index (Phi) is 5.46. The molecule has 2 amide bonds. The van der Waals surface area contributed by atoms with E-state index in [0.29, 0.717) is 19.5 Å². The van der Waals surface area contributed by atoms with Crippen LogP contribution in [0, 0.1) is 5.92 Å². The number of carbonyl (C=O) groups is 2. The second kappa shape index (κ2) is 8.54. The lowest BCUT2D eigenvalue weighted by Gasteiger charge is -2.36. The van der Waals surface area contributed by atoms with Gasteiger partial charge in [0.15, 0.2) is 0 Å². The molecule has 0 radical (unpaired) electrons. The third kappa shape index (κ3) is 4.20. The first-order valence-corrected chi connectivity index (χ1v) is 11.3. The SMILES string of the molecule is O=C(Cc1ccc2ccccc2c1)N1CCC(C(=O)N2CCc3ccccc3C2)CC1. The van der Waals surface area contributed by atoms with Crippen LogP contribution in [-0.4, -0.2) is 41.2 Å². The Hall–Kier alpha value is -3.14. The summed E-state index contributed by atoms with van der Waals surface area (Å²) >= 11 is 0. The molecule has 0 N–H and O–H groups in total. The molecule has 0 saturated carbocycles. The summed E-state index contributed by atoms with van der Waals surface area (Å²) in [5, 5.41) is 2.36. The fourth-order valence-electron chi connectivity index (χ4n) is 4.95. The number of rotatable bonds is 3. The minimum atomic E-state index is 0.0370. The van der Waals surface area contributed by atoms with Gasteiger partial charge in [-0.15, -0.1) is 0 Å². The topological polar surface area (TPSA) is 40.6 Å². The molecule has 4 nitrogen and oxygen atoms in total. The lowest BCUT2D eigenvalue weighted by molar-refractivity contribution is -0.141. The van der Waals surface area contributed by atoms with Crippen LogP contribution in [0.4, 0.5) is 0 Å². The summed E-state index contributed by atoms with van der Waals surface area (Å²) in [7, 11) is 0. The van der Waals surface area contributed by atoms with Crippen molar-refractivity contribution in [1.82, 2.24) is 9.80 Å². The van der Waals surface area contributed by atoms with Gasteiger partial charge in [0.2, 0.25) is 11.8 Å². The van der Waals surface area contributed by atoms with E-state index in [-0.39, 0.29) is 17.7 Å². The zero-order chi connectivity index (χ0) is 21.2. The van der Waals surface area contributed by atoms with Crippen LogP contribution in [0.2, 0.25) is 0 Å². The zero-order valence-corrected chi connectivity index (χ0v) is 17.8. The Morgan fingerprint density at radius 2 is 1.48 bits per heavy atom. The maximum absolute atomic E-state index is 13.1. The molecule has 0 aliphatic carbocycles. The third-order valence-corrected chi connectivity index (χ3v) is 6.81. The van der Waals surface area contributed by atoms with Gasteiger partial charge >= 0.3 is 0 Å². The second-order valence-corrected chi connectivity index (χ2v) is 8.79. The number of fused-ring (bicyclic) bond motifs is 2. The van der Waals surface area contributed by atoms with Crippen LogP contribution < -0.4 is 0 Å². The van der Waals surface area contributed by atoms with Gasteiger partial charge in [-0.25, -0.2) is 0 Å². The van der Waals surface area contributed by atoms with E-state index < -0.39 is 0 Å². The molecule has 2 aliphatic rings. The molecule has 3 aromatic carbocycles. The van der Waals surface area contributed by atoms with Gasteiger partial charge < -0.3 is 9.80 Å². The Morgan fingerprint density at radius 1 is 0.774 bits per heavy atom. The van der Waals surface area contributed by atoms with Crippen molar-refractivity contribution in [3.8, 4) is 0 Å². The van der Waals surface area contributed by atoms with E-state index in [2.05, 4.69) is 42.5 Å². The number of hydrogen-bond acceptors (Lipinski definition) is 2. The molecule has 0 spiro atoms. The summed E-state index contributed by atoms with van der Waals surface area (Å²) in [4.78, 5) is 29.9. The molecule has 0 bridgehead atoms. The fraction of sp³-hybridized carbons (Fsp3) is 0.333. The van der Waals surface area contributed by atoms with Crippen molar-refractivity contribution in [3.05, 3.63) is 83.4 Å². The molecule has 4 heteroatoms. The van der Waals surface area contributed by atoms with Crippen molar-refractivity contribution >= 4 is 22.6 Å². The summed E-state index contributed by atoms with van der Waals surface area (Å²) in [6, 6.07) is 22.9. The maximum atomic E-state index is 13.1. The third-order valence-electron chi connectivity index (χ3n) is 6.81. The highest BCUT2D eigenvalue weighted by molar-refractivity contribution is 5.85. The normalized spacial score (nSPS) is 16.9. The van der Waals surface area contributed by atoms with E-state index in [1.54, 1.807) is 0 Å². The molecule has 5 rings (SSSR count). The minimum absolute atomic E-state index is 0.0370. The molecular formula is C27H28N2O2. The van der Waals surface area contributed by atoms with Crippen LogP contribution in [-0.2, 0) is 29.0 Å². The maximum Gasteiger partial charge on any atom is 0.226 e. The van der Waals surface area contributed by atoms with Crippen molar-refractivity contribution in [2.24, 2.45) is 5.92 Å². The molecule has 1 fully saturated rings. The summed E-state index contributed by atoms with van der Waals surface area (Å²) in [6.45, 7) is 2.87. The van der Waals surface area contributed by atoms with Gasteiger partial charge in [0.05, 0.1) is 6.42 Å². The van der Waals surface area contributed by atoms with Gasteiger partial charge in [-0.3, -0.25) is 9.59 Å². The molecular weight excluding hydrogens is 384 g/mol. The monoisotopic (exact) mass is 412 g/mol. The summed E-state index contributed by atoms with van der Waals surface area (Å²) in [6.07, 6.45) is 2.89. The van der Waals surface area contributed by atoms with Crippen LogP contribution >= 0.6 is 0 Å². The Bertz CT molecular complexity index is 1110. The van der Waals surface area contributed by atoms with E-state index in [1.807, 2.05) is 34.1 Å². The molecule has 158 valence electrons. The van der Waals surface area contributed by atoms with E-state index in [1.165, 1.54) is 21.9 Å². The number of hydrogen-bond donors (Lipinski definition) is 0. The van der Waals surface area contributed by atoms with Gasteiger partial charge in [-0.1, -0.05) is 66.7 Å². The first-order chi connectivity index (χ1) is 15.2. The minimum Gasteiger partial charge on any atom is -0.342 e. The Labute approximate surface area is 183 Å². The summed E-state index contributed by atoms with van der Waals surface area (Å²) in [5.74, 6) is 0.458. The summed E-state index contributed by atoms with van der Waals surface area (Å²) < 4.78 is 0. The number of carbonyl (C=O) groups excluding carboxylic acids is 2. The zero-order valence-electron chi connectivity index (χ0n) is 17.8. The average molecular weight is 413 g/mol. The largest absolute Gasteiger partial charge is 0.342 e. The highest BCUT2D eigenvalue weighted by Gasteiger charge is 2.31. The smallest absolute Gasteiger partial charge is 0.226 e. The molecule has 2 heterocycles. The van der Waals surface area contributed by atoms with Crippen LogP contribution in [0.5, 0.6) is 0 Å². The van der Waals surface area contributed by atoms with Crippen LogP contribution in [0.25, 0.3) is 10.8 Å². The number of likely N-dealkylation sites (tertiary alicyclic amines) is 1. The van der Waals surface area contributed by atoms with Gasteiger partial charge in [-0.2, -0.15) is 0 Å². The van der Waals surface area contributed by atoms with Crippen LogP contribution in [0.3, 0.4) is 0 Å². The molecule has 0 unspecified atom stereocenters. The van der Waals surface area contributed by atoms with Gasteiger partial charge in [0.25, 0.3) is 0 Å². The fourth-order valence-corrected chi connectivity index (χ4v) is 4.95. The van der Waals surface area contributed by atoms with E-state index in [0.717, 1.165) is 37.9 Å². The second-order valence-electron chi connectivity index (χ2n) is 8.79. The number of piperidine rings is 1. The highest BCUT2D eigenvalue weighted by atomic mass is 16.2. The van der Waals surface area contributed by atoms with E-state index >= 15 is 0 Å². The molecule has 0 aromatic heterocycles. The van der Waals surface area contributed by atoms with Crippen LogP contribution in [0.1, 0.15) is 29.5 Å². The standard InChI is InChI=1S/C27H28N2O2/c30-26(18-20-9-10-21-5-1-3-7-24(21)17-20)28-14-12-23(13-15-28)27(31)29-16-11-22-6-2-4-8-25(22)19-29/h1-10,17,23H,11-16,18-19H2. The lowest BCUT2D eigenvalue weighted by Crippen LogP contribution is -2.46. The van der Waals surface area contributed by atoms with Crippen molar-refractivity contribution in [1.29, 1.82) is 0 Å². The van der Waals surface area contributed by atoms with E-state index in [9.17, 15) is 9.59 Å². The molecule has 0 atom stereocenters. The Morgan fingerprint density at radius 3 is 2.29 bits per heavy atom. The number of amides is 2. The first-order valence-electron chi connectivity index (χ1n) is 11.3. The van der Waals surface area contributed by atoms with Gasteiger partial charge in [0, 0.05) is 32.1 Å². The van der Waals surface area contributed by atoms with Crippen molar-refractivity contribution < 1.29 is 9.59 Å². The number of benzene rings is 3. The predicted molar refractivity (Wildman–Crippen MR) is 123 cm³/mol. The van der Waals surface area contributed by atoms with Crippen LogP contribution in [0.15, 0.2) is 66.7 Å². The summed E-state index contributed by atoms with van der Waals surface area (Å²) in [5.41, 5.74) is 3.68. The average Bonchev–Trinajstić information content (AvgIpc) is 2.83. The van der Waals surface area contributed by atoms with Gasteiger partial charge in [0.1, 0.15) is 0 Å². The lowest BCUT2D eigenvalue weighted by atomic mass is 9.92. The first kappa shape index (κ1) is 19.8. The number of nitrogens with zero attached hydrogens (tertiary/aromatic N) is 2. The molecule has 2 aliphatic heterocycles. The predicted octanol–water partition coefficient (Wildman–Crippen LogP) is 4.21. The van der Waals surface area contributed by atoms with Gasteiger partial charge in [-0.05, 0) is 46.7 Å². The molecule has 1 saturated heterocycles. The van der Waals surface area contributed by atoms with Crippen molar-refractivity contribution in [2.45, 2.75) is 32.2 Å². The van der Waals surface area contributed by atoms with Crippen molar-refractivity contribution in [3.63, 3.8) is 0 Å². The molecule has 3 aromatic rings. The quantitative estimate of drug-likeness (QED) is 0.647.